The molecule has 0 aromatic heterocycles. The minimum absolute atomic E-state index is 0.375. The van der Waals surface area contributed by atoms with E-state index in [1.54, 1.807) is 12.1 Å². The van der Waals surface area contributed by atoms with Crippen LogP contribution in [0.15, 0.2) is 24.3 Å². The third-order valence-corrected chi connectivity index (χ3v) is 3.66. The Morgan fingerprint density at radius 1 is 1.29 bits per heavy atom. The number of nitrogens with two attached hydrogens (primary N) is 1. The molecule has 0 atom stereocenters. The summed E-state index contributed by atoms with van der Waals surface area (Å²) >= 11 is 0. The number of rotatable bonds is 4. The molecule has 2 rings (SSSR count). The van der Waals surface area contributed by atoms with Crippen LogP contribution < -0.4 is 11.1 Å². The first-order valence-corrected chi connectivity index (χ1v) is 6.22. The monoisotopic (exact) mass is 232 g/mol. The molecule has 1 aliphatic rings. The fourth-order valence-corrected chi connectivity index (χ4v) is 2.29. The van der Waals surface area contributed by atoms with E-state index in [2.05, 4.69) is 19.2 Å². The van der Waals surface area contributed by atoms with Crippen LogP contribution in [-0.2, 0) is 0 Å². The Hall–Kier alpha value is -1.51. The molecule has 0 spiro atoms. The van der Waals surface area contributed by atoms with Gasteiger partial charge in [-0.25, -0.2) is 0 Å². The van der Waals surface area contributed by atoms with E-state index < -0.39 is 0 Å². The Balaban J connectivity index is 1.86. The van der Waals surface area contributed by atoms with Crippen molar-refractivity contribution in [3.8, 4) is 0 Å². The molecule has 0 unspecified atom stereocenters. The minimum Gasteiger partial charge on any atom is -0.382 e. The average molecular weight is 232 g/mol. The van der Waals surface area contributed by atoms with Crippen LogP contribution in [0.25, 0.3) is 0 Å². The summed E-state index contributed by atoms with van der Waals surface area (Å²) in [6.45, 7) is 4.56. The van der Waals surface area contributed by atoms with Crippen LogP contribution in [0.2, 0.25) is 0 Å². The molecule has 3 heteroatoms. The highest BCUT2D eigenvalue weighted by molar-refractivity contribution is 5.93. The number of anilines is 1. The van der Waals surface area contributed by atoms with Gasteiger partial charge in [0, 0.05) is 17.3 Å². The van der Waals surface area contributed by atoms with E-state index in [1.807, 2.05) is 12.1 Å². The highest BCUT2D eigenvalue weighted by atomic mass is 16.1. The SMILES string of the molecule is CC(C)C1CC(Nc2ccc(C(N)=O)cc2)C1. The third kappa shape index (κ3) is 2.78. The molecule has 92 valence electrons. The van der Waals surface area contributed by atoms with E-state index in [0.717, 1.165) is 17.5 Å². The Labute approximate surface area is 102 Å². The van der Waals surface area contributed by atoms with Gasteiger partial charge in [0.05, 0.1) is 0 Å². The van der Waals surface area contributed by atoms with E-state index in [-0.39, 0.29) is 5.91 Å². The number of hydrogen-bond donors (Lipinski definition) is 2. The molecule has 17 heavy (non-hydrogen) atoms. The number of primary amides is 1. The molecule has 1 aliphatic carbocycles. The van der Waals surface area contributed by atoms with Crippen molar-refractivity contribution >= 4 is 11.6 Å². The van der Waals surface area contributed by atoms with Gasteiger partial charge in [-0.2, -0.15) is 0 Å². The molecule has 0 saturated heterocycles. The Kier molecular flexibility index (Phi) is 3.36. The predicted molar refractivity (Wildman–Crippen MR) is 69.9 cm³/mol. The van der Waals surface area contributed by atoms with Crippen molar-refractivity contribution < 1.29 is 4.79 Å². The van der Waals surface area contributed by atoms with Crippen LogP contribution in [0, 0.1) is 11.8 Å². The van der Waals surface area contributed by atoms with Gasteiger partial charge in [0.15, 0.2) is 0 Å². The van der Waals surface area contributed by atoms with Gasteiger partial charge >= 0.3 is 0 Å². The van der Waals surface area contributed by atoms with Crippen molar-refractivity contribution in [1.29, 1.82) is 0 Å². The Morgan fingerprint density at radius 3 is 2.35 bits per heavy atom. The van der Waals surface area contributed by atoms with Gasteiger partial charge in [-0.15, -0.1) is 0 Å². The number of benzene rings is 1. The number of carbonyl (C=O) groups excluding carboxylic acids is 1. The number of carbonyl (C=O) groups is 1. The summed E-state index contributed by atoms with van der Waals surface area (Å²) in [6.07, 6.45) is 2.49. The van der Waals surface area contributed by atoms with Gasteiger partial charge in [0.2, 0.25) is 5.91 Å². The fraction of sp³-hybridized carbons (Fsp3) is 0.500. The number of hydrogen-bond acceptors (Lipinski definition) is 2. The fourth-order valence-electron chi connectivity index (χ4n) is 2.29. The van der Waals surface area contributed by atoms with Gasteiger partial charge in [-0.05, 0) is 48.9 Å². The van der Waals surface area contributed by atoms with E-state index >= 15 is 0 Å². The average Bonchev–Trinajstić information content (AvgIpc) is 2.23. The molecule has 0 aliphatic heterocycles. The molecule has 0 radical (unpaired) electrons. The van der Waals surface area contributed by atoms with Gasteiger partial charge in [0.1, 0.15) is 0 Å². The molecule has 1 saturated carbocycles. The normalized spacial score (nSPS) is 23.2. The second-order valence-corrected chi connectivity index (χ2v) is 5.26. The molecular weight excluding hydrogens is 212 g/mol. The lowest BCUT2D eigenvalue weighted by atomic mass is 9.73. The van der Waals surface area contributed by atoms with Crippen LogP contribution in [0.5, 0.6) is 0 Å². The van der Waals surface area contributed by atoms with E-state index in [0.29, 0.717) is 11.6 Å². The topological polar surface area (TPSA) is 55.1 Å². The summed E-state index contributed by atoms with van der Waals surface area (Å²) in [7, 11) is 0. The maximum atomic E-state index is 10.9. The standard InChI is InChI=1S/C14H20N2O/c1-9(2)11-7-13(8-11)16-12-5-3-10(4-6-12)14(15)17/h3-6,9,11,13,16H,7-8H2,1-2H3,(H2,15,17). The van der Waals surface area contributed by atoms with E-state index in [9.17, 15) is 4.79 Å². The summed E-state index contributed by atoms with van der Waals surface area (Å²) in [5, 5.41) is 3.48. The number of amides is 1. The summed E-state index contributed by atoms with van der Waals surface area (Å²) in [5.74, 6) is 1.27. The highest BCUT2D eigenvalue weighted by Crippen LogP contribution is 2.35. The largest absolute Gasteiger partial charge is 0.382 e. The zero-order chi connectivity index (χ0) is 12.4. The molecule has 1 aromatic rings. The Morgan fingerprint density at radius 2 is 1.88 bits per heavy atom. The zero-order valence-electron chi connectivity index (χ0n) is 10.4. The predicted octanol–water partition coefficient (Wildman–Crippen LogP) is 2.63. The Bertz CT molecular complexity index is 391. The number of nitrogens with one attached hydrogen (secondary N) is 1. The van der Waals surface area contributed by atoms with E-state index in [4.69, 9.17) is 5.73 Å². The van der Waals surface area contributed by atoms with Gasteiger partial charge in [0.25, 0.3) is 0 Å². The van der Waals surface area contributed by atoms with Crippen LogP contribution in [0.1, 0.15) is 37.0 Å². The van der Waals surface area contributed by atoms with Crippen molar-refractivity contribution in [3.63, 3.8) is 0 Å². The molecule has 0 heterocycles. The lowest BCUT2D eigenvalue weighted by Crippen LogP contribution is -2.37. The molecule has 1 fully saturated rings. The maximum absolute atomic E-state index is 10.9. The molecule has 1 aromatic carbocycles. The summed E-state index contributed by atoms with van der Waals surface area (Å²) in [5.41, 5.74) is 6.83. The first-order valence-electron chi connectivity index (χ1n) is 6.22. The second-order valence-electron chi connectivity index (χ2n) is 5.26. The molecule has 3 nitrogen and oxygen atoms in total. The van der Waals surface area contributed by atoms with Crippen LogP contribution in [-0.4, -0.2) is 11.9 Å². The summed E-state index contributed by atoms with van der Waals surface area (Å²) < 4.78 is 0. The van der Waals surface area contributed by atoms with E-state index in [1.165, 1.54) is 12.8 Å². The zero-order valence-corrected chi connectivity index (χ0v) is 10.4. The van der Waals surface area contributed by atoms with Crippen molar-refractivity contribution in [2.45, 2.75) is 32.7 Å². The van der Waals surface area contributed by atoms with Crippen molar-refractivity contribution in [2.24, 2.45) is 17.6 Å². The quantitative estimate of drug-likeness (QED) is 0.838. The first kappa shape index (κ1) is 12.0. The molecule has 1 amide bonds. The van der Waals surface area contributed by atoms with Gasteiger partial charge < -0.3 is 11.1 Å². The maximum Gasteiger partial charge on any atom is 0.248 e. The van der Waals surface area contributed by atoms with Crippen LogP contribution in [0.3, 0.4) is 0 Å². The molecule has 3 N–H and O–H groups in total. The van der Waals surface area contributed by atoms with Gasteiger partial charge in [-0.1, -0.05) is 13.8 Å². The highest BCUT2D eigenvalue weighted by Gasteiger charge is 2.30. The second kappa shape index (κ2) is 4.78. The smallest absolute Gasteiger partial charge is 0.248 e. The van der Waals surface area contributed by atoms with Crippen molar-refractivity contribution in [1.82, 2.24) is 0 Å². The van der Waals surface area contributed by atoms with Crippen LogP contribution in [0.4, 0.5) is 5.69 Å². The van der Waals surface area contributed by atoms with Crippen molar-refractivity contribution in [2.75, 3.05) is 5.32 Å². The lowest BCUT2D eigenvalue weighted by Gasteiger charge is -2.39. The molecule has 0 bridgehead atoms. The van der Waals surface area contributed by atoms with Gasteiger partial charge in [-0.3, -0.25) is 4.79 Å². The summed E-state index contributed by atoms with van der Waals surface area (Å²) in [6, 6.07) is 7.96. The van der Waals surface area contributed by atoms with Crippen LogP contribution >= 0.6 is 0 Å². The minimum atomic E-state index is -0.375. The first-order chi connectivity index (χ1) is 8.06. The lowest BCUT2D eigenvalue weighted by molar-refractivity contribution is 0.100. The van der Waals surface area contributed by atoms with Crippen molar-refractivity contribution in [3.05, 3.63) is 29.8 Å². The summed E-state index contributed by atoms with van der Waals surface area (Å²) in [4.78, 5) is 10.9. The molecular formula is C14H20N2O. The third-order valence-electron chi connectivity index (χ3n) is 3.66.